The number of carbonyl (C=O) groups excluding carboxylic acids is 1. The lowest BCUT2D eigenvalue weighted by molar-refractivity contribution is 0.103. The zero-order chi connectivity index (χ0) is 18.4. The minimum Gasteiger partial charge on any atom is -0.497 e. The van der Waals surface area contributed by atoms with E-state index in [9.17, 15) is 4.79 Å². The Bertz CT molecular complexity index is 858. The Morgan fingerprint density at radius 3 is 2.46 bits per heavy atom. The third kappa shape index (κ3) is 3.75. The molecule has 134 valence electrons. The van der Waals surface area contributed by atoms with E-state index in [1.807, 2.05) is 42.6 Å². The maximum absolute atomic E-state index is 11.7. The van der Waals surface area contributed by atoms with Crippen LogP contribution in [0, 0.1) is 0 Å². The number of hydrogen-bond acceptors (Lipinski definition) is 5. The summed E-state index contributed by atoms with van der Waals surface area (Å²) < 4.78 is 18.0. The Labute approximate surface area is 151 Å². The minimum atomic E-state index is 0.256. The molecule has 0 aliphatic heterocycles. The van der Waals surface area contributed by atoms with Crippen LogP contribution in [0.4, 0.5) is 0 Å². The van der Waals surface area contributed by atoms with Crippen LogP contribution in [0.3, 0.4) is 0 Å². The lowest BCUT2D eigenvalue weighted by Crippen LogP contribution is -2.07. The molecule has 6 heteroatoms. The van der Waals surface area contributed by atoms with Gasteiger partial charge in [-0.1, -0.05) is 12.1 Å². The molecule has 1 heterocycles. The molecule has 0 fully saturated rings. The van der Waals surface area contributed by atoms with Crippen LogP contribution in [0.15, 0.2) is 54.9 Å². The molecule has 0 unspecified atom stereocenters. The molecule has 0 saturated carbocycles. The number of hydrogen-bond donors (Lipinski definition) is 0. The summed E-state index contributed by atoms with van der Waals surface area (Å²) >= 11 is 0. The smallest absolute Gasteiger partial charge is 0.154 e. The Kier molecular flexibility index (Phi) is 5.66. The van der Waals surface area contributed by atoms with E-state index in [-0.39, 0.29) is 6.61 Å². The molecule has 0 spiro atoms. The first-order valence-electron chi connectivity index (χ1n) is 8.12. The van der Waals surface area contributed by atoms with Gasteiger partial charge in [-0.3, -0.25) is 4.79 Å². The summed E-state index contributed by atoms with van der Waals surface area (Å²) in [4.78, 5) is 11.7. The summed E-state index contributed by atoms with van der Waals surface area (Å²) in [6.07, 6.45) is 4.30. The SMILES string of the molecule is COc1ccc(COCc2c(-n3cccn3)ccc(OC)c2C=O)cc1. The summed E-state index contributed by atoms with van der Waals surface area (Å²) in [6.45, 7) is 0.671. The topological polar surface area (TPSA) is 62.6 Å². The van der Waals surface area contributed by atoms with Gasteiger partial charge in [-0.2, -0.15) is 5.10 Å². The third-order valence-electron chi connectivity index (χ3n) is 4.06. The number of nitrogens with zero attached hydrogens (tertiary/aromatic N) is 2. The van der Waals surface area contributed by atoms with E-state index in [0.717, 1.165) is 28.8 Å². The second-order valence-corrected chi connectivity index (χ2v) is 5.59. The average molecular weight is 352 g/mol. The number of ether oxygens (including phenoxy) is 3. The van der Waals surface area contributed by atoms with Gasteiger partial charge < -0.3 is 14.2 Å². The van der Waals surface area contributed by atoms with Crippen LogP contribution < -0.4 is 9.47 Å². The molecule has 6 nitrogen and oxygen atoms in total. The zero-order valence-corrected chi connectivity index (χ0v) is 14.7. The molecule has 0 radical (unpaired) electrons. The summed E-state index contributed by atoms with van der Waals surface area (Å²) in [7, 11) is 3.17. The predicted molar refractivity (Wildman–Crippen MR) is 97.0 cm³/mol. The molecular weight excluding hydrogens is 332 g/mol. The molecule has 2 aromatic carbocycles. The van der Waals surface area contributed by atoms with Gasteiger partial charge in [0, 0.05) is 18.0 Å². The molecule has 0 N–H and O–H groups in total. The van der Waals surface area contributed by atoms with E-state index in [1.54, 1.807) is 24.1 Å². The van der Waals surface area contributed by atoms with E-state index in [0.29, 0.717) is 17.9 Å². The van der Waals surface area contributed by atoms with Crippen molar-refractivity contribution in [2.24, 2.45) is 0 Å². The third-order valence-corrected chi connectivity index (χ3v) is 4.06. The van der Waals surface area contributed by atoms with E-state index in [4.69, 9.17) is 14.2 Å². The molecule has 26 heavy (non-hydrogen) atoms. The highest BCUT2D eigenvalue weighted by Crippen LogP contribution is 2.27. The fraction of sp³-hybridized carbons (Fsp3) is 0.200. The van der Waals surface area contributed by atoms with Gasteiger partial charge >= 0.3 is 0 Å². The molecule has 3 rings (SSSR count). The first-order chi connectivity index (χ1) is 12.8. The van der Waals surface area contributed by atoms with Gasteiger partial charge in [-0.25, -0.2) is 4.68 Å². The van der Waals surface area contributed by atoms with E-state index in [1.165, 1.54) is 7.11 Å². The van der Waals surface area contributed by atoms with Crippen LogP contribution >= 0.6 is 0 Å². The molecule has 0 saturated heterocycles. The van der Waals surface area contributed by atoms with Crippen molar-refractivity contribution in [1.82, 2.24) is 9.78 Å². The Morgan fingerprint density at radius 1 is 1.04 bits per heavy atom. The van der Waals surface area contributed by atoms with Crippen molar-refractivity contribution in [3.8, 4) is 17.2 Å². The van der Waals surface area contributed by atoms with Crippen LogP contribution in [0.25, 0.3) is 5.69 Å². The van der Waals surface area contributed by atoms with Crippen LogP contribution in [-0.2, 0) is 18.0 Å². The van der Waals surface area contributed by atoms with Crippen LogP contribution in [0.2, 0.25) is 0 Å². The summed E-state index contributed by atoms with van der Waals surface area (Å²) in [6, 6.07) is 13.1. The number of rotatable bonds is 8. The van der Waals surface area contributed by atoms with Gasteiger partial charge in [0.25, 0.3) is 0 Å². The summed E-state index contributed by atoms with van der Waals surface area (Å²) in [5, 5.41) is 4.25. The summed E-state index contributed by atoms with van der Waals surface area (Å²) in [5.41, 5.74) is 3.00. The van der Waals surface area contributed by atoms with Crippen molar-refractivity contribution in [3.05, 3.63) is 71.5 Å². The number of carbonyl (C=O) groups is 1. The standard InChI is InChI=1S/C20H20N2O4/c1-24-16-6-4-15(5-7-16)13-26-14-18-17(12-23)20(25-2)9-8-19(18)22-11-3-10-21-22/h3-12H,13-14H2,1-2H3. The van der Waals surface area contributed by atoms with Gasteiger partial charge in [0.15, 0.2) is 6.29 Å². The van der Waals surface area contributed by atoms with Gasteiger partial charge in [0.05, 0.1) is 38.7 Å². The first kappa shape index (κ1) is 17.7. The number of aromatic nitrogens is 2. The maximum atomic E-state index is 11.7. The van der Waals surface area contributed by atoms with Gasteiger partial charge in [0.2, 0.25) is 0 Å². The number of benzene rings is 2. The summed E-state index contributed by atoms with van der Waals surface area (Å²) in [5.74, 6) is 1.31. The molecule has 0 amide bonds. The molecule has 1 aromatic heterocycles. The molecule has 3 aromatic rings. The molecule has 0 aliphatic rings. The normalized spacial score (nSPS) is 10.5. The van der Waals surface area contributed by atoms with Crippen molar-refractivity contribution < 1.29 is 19.0 Å². The van der Waals surface area contributed by atoms with Crippen LogP contribution in [-0.4, -0.2) is 30.3 Å². The van der Waals surface area contributed by atoms with Crippen LogP contribution in [0.1, 0.15) is 21.5 Å². The predicted octanol–water partition coefficient (Wildman–Crippen LogP) is 3.42. The number of aldehydes is 1. The molecule has 0 bridgehead atoms. The van der Waals surface area contributed by atoms with E-state index >= 15 is 0 Å². The highest BCUT2D eigenvalue weighted by molar-refractivity contribution is 5.83. The Balaban J connectivity index is 1.83. The van der Waals surface area contributed by atoms with Crippen molar-refractivity contribution >= 4 is 6.29 Å². The molecule has 0 atom stereocenters. The second kappa shape index (κ2) is 8.31. The molecular formula is C20H20N2O4. The van der Waals surface area contributed by atoms with Crippen molar-refractivity contribution in [2.75, 3.05) is 14.2 Å². The largest absolute Gasteiger partial charge is 0.497 e. The highest BCUT2D eigenvalue weighted by atomic mass is 16.5. The van der Waals surface area contributed by atoms with Crippen molar-refractivity contribution in [1.29, 1.82) is 0 Å². The van der Waals surface area contributed by atoms with Gasteiger partial charge in [0.1, 0.15) is 11.5 Å². The molecule has 0 aliphatic carbocycles. The van der Waals surface area contributed by atoms with Crippen molar-refractivity contribution in [3.63, 3.8) is 0 Å². The fourth-order valence-electron chi connectivity index (χ4n) is 2.71. The first-order valence-corrected chi connectivity index (χ1v) is 8.12. The van der Waals surface area contributed by atoms with E-state index in [2.05, 4.69) is 5.10 Å². The minimum absolute atomic E-state index is 0.256. The monoisotopic (exact) mass is 352 g/mol. The Morgan fingerprint density at radius 2 is 1.85 bits per heavy atom. The fourth-order valence-corrected chi connectivity index (χ4v) is 2.71. The maximum Gasteiger partial charge on any atom is 0.154 e. The van der Waals surface area contributed by atoms with Gasteiger partial charge in [-0.05, 0) is 35.9 Å². The van der Waals surface area contributed by atoms with E-state index < -0.39 is 0 Å². The van der Waals surface area contributed by atoms with Gasteiger partial charge in [-0.15, -0.1) is 0 Å². The highest BCUT2D eigenvalue weighted by Gasteiger charge is 2.15. The van der Waals surface area contributed by atoms with Crippen LogP contribution in [0.5, 0.6) is 11.5 Å². The Hall–Kier alpha value is -3.12. The lowest BCUT2D eigenvalue weighted by Gasteiger charge is -2.15. The zero-order valence-electron chi connectivity index (χ0n) is 14.7. The van der Waals surface area contributed by atoms with Crippen molar-refractivity contribution in [2.45, 2.75) is 13.2 Å². The quantitative estimate of drug-likeness (QED) is 0.581. The lowest BCUT2D eigenvalue weighted by atomic mass is 10.1. The average Bonchev–Trinajstić information content (AvgIpc) is 3.22. The second-order valence-electron chi connectivity index (χ2n) is 5.59. The number of methoxy groups -OCH3 is 2.